The average molecular weight is 267 g/mol. The number of hydrogen-bond acceptors (Lipinski definition) is 5. The van der Waals surface area contributed by atoms with Crippen molar-refractivity contribution in [2.24, 2.45) is 0 Å². The van der Waals surface area contributed by atoms with Crippen LogP contribution in [-0.4, -0.2) is 42.8 Å². The van der Waals surface area contributed by atoms with Gasteiger partial charge in [0, 0.05) is 32.3 Å². The summed E-state index contributed by atoms with van der Waals surface area (Å²) < 4.78 is 10.3. The summed E-state index contributed by atoms with van der Waals surface area (Å²) in [4.78, 5) is 2.51. The highest BCUT2D eigenvalue weighted by Crippen LogP contribution is 2.19. The molecule has 5 heteroatoms. The summed E-state index contributed by atoms with van der Waals surface area (Å²) in [5.74, 6) is 0.803. The molecule has 0 aromatic carbocycles. The van der Waals surface area contributed by atoms with E-state index < -0.39 is 0 Å². The van der Waals surface area contributed by atoms with E-state index in [0.29, 0.717) is 12.6 Å². The third kappa shape index (κ3) is 4.30. The molecule has 1 fully saturated rings. The summed E-state index contributed by atoms with van der Waals surface area (Å²) in [7, 11) is 1.67. The zero-order valence-corrected chi connectivity index (χ0v) is 12.0. The number of nitrogens with zero attached hydrogens (tertiary/aromatic N) is 2. The third-order valence-corrected chi connectivity index (χ3v) is 3.64. The van der Waals surface area contributed by atoms with E-state index in [9.17, 15) is 0 Å². The Morgan fingerprint density at radius 1 is 1.53 bits per heavy atom. The fraction of sp³-hybridized carbons (Fsp3) is 0.786. The van der Waals surface area contributed by atoms with Crippen molar-refractivity contribution < 1.29 is 9.26 Å². The second-order valence-corrected chi connectivity index (χ2v) is 5.15. The molecule has 0 radical (unpaired) electrons. The SMILES string of the molecule is CCNCC1CCCCN1Cc1cc(COC)on1. The topological polar surface area (TPSA) is 50.5 Å². The molecule has 1 unspecified atom stereocenters. The van der Waals surface area contributed by atoms with E-state index in [4.69, 9.17) is 9.26 Å². The van der Waals surface area contributed by atoms with Crippen LogP contribution in [0.4, 0.5) is 0 Å². The number of likely N-dealkylation sites (tertiary alicyclic amines) is 1. The number of likely N-dealkylation sites (N-methyl/N-ethyl adjacent to an activating group) is 1. The fourth-order valence-electron chi connectivity index (χ4n) is 2.66. The molecule has 0 aliphatic carbocycles. The number of piperidine rings is 1. The first kappa shape index (κ1) is 14.5. The number of aromatic nitrogens is 1. The van der Waals surface area contributed by atoms with Crippen molar-refractivity contribution in [3.63, 3.8) is 0 Å². The van der Waals surface area contributed by atoms with Gasteiger partial charge in [0.15, 0.2) is 5.76 Å². The molecule has 19 heavy (non-hydrogen) atoms. The van der Waals surface area contributed by atoms with Crippen LogP contribution in [0.3, 0.4) is 0 Å². The Kier molecular flexibility index (Phi) is 5.82. The minimum absolute atomic E-state index is 0.494. The monoisotopic (exact) mass is 267 g/mol. The maximum Gasteiger partial charge on any atom is 0.162 e. The van der Waals surface area contributed by atoms with Crippen LogP contribution >= 0.6 is 0 Å². The van der Waals surface area contributed by atoms with Gasteiger partial charge in [-0.25, -0.2) is 0 Å². The molecule has 1 aliphatic rings. The Balaban J connectivity index is 1.90. The van der Waals surface area contributed by atoms with E-state index in [1.165, 1.54) is 19.3 Å². The second kappa shape index (κ2) is 7.62. The maximum absolute atomic E-state index is 5.25. The number of nitrogens with one attached hydrogen (secondary N) is 1. The van der Waals surface area contributed by atoms with Gasteiger partial charge in [0.2, 0.25) is 0 Å². The molecule has 2 heterocycles. The van der Waals surface area contributed by atoms with Crippen molar-refractivity contribution in [2.75, 3.05) is 26.7 Å². The molecule has 5 nitrogen and oxygen atoms in total. The van der Waals surface area contributed by atoms with Crippen molar-refractivity contribution in [2.45, 2.75) is 45.4 Å². The van der Waals surface area contributed by atoms with Crippen molar-refractivity contribution in [1.82, 2.24) is 15.4 Å². The third-order valence-electron chi connectivity index (χ3n) is 3.64. The first-order valence-electron chi connectivity index (χ1n) is 7.21. The molecule has 1 aromatic heterocycles. The molecule has 0 spiro atoms. The minimum Gasteiger partial charge on any atom is -0.377 e. The zero-order chi connectivity index (χ0) is 13.5. The fourth-order valence-corrected chi connectivity index (χ4v) is 2.66. The molecule has 2 rings (SSSR count). The van der Waals surface area contributed by atoms with Gasteiger partial charge >= 0.3 is 0 Å². The van der Waals surface area contributed by atoms with Crippen LogP contribution in [0.25, 0.3) is 0 Å². The quantitative estimate of drug-likeness (QED) is 0.816. The Morgan fingerprint density at radius 2 is 2.42 bits per heavy atom. The minimum atomic E-state index is 0.494. The lowest BCUT2D eigenvalue weighted by molar-refractivity contribution is 0.133. The van der Waals surface area contributed by atoms with Crippen LogP contribution < -0.4 is 5.32 Å². The Morgan fingerprint density at radius 3 is 3.21 bits per heavy atom. The van der Waals surface area contributed by atoms with Gasteiger partial charge in [-0.15, -0.1) is 0 Å². The van der Waals surface area contributed by atoms with Crippen molar-refractivity contribution in [1.29, 1.82) is 0 Å². The van der Waals surface area contributed by atoms with E-state index >= 15 is 0 Å². The predicted octanol–water partition coefficient (Wildman–Crippen LogP) is 1.78. The first-order valence-corrected chi connectivity index (χ1v) is 7.21. The van der Waals surface area contributed by atoms with Gasteiger partial charge in [0.25, 0.3) is 0 Å². The lowest BCUT2D eigenvalue weighted by Crippen LogP contribution is -2.45. The van der Waals surface area contributed by atoms with E-state index in [-0.39, 0.29) is 0 Å². The van der Waals surface area contributed by atoms with Crippen molar-refractivity contribution >= 4 is 0 Å². The molecule has 108 valence electrons. The van der Waals surface area contributed by atoms with Gasteiger partial charge in [-0.05, 0) is 25.9 Å². The number of hydrogen-bond donors (Lipinski definition) is 1. The molecular formula is C14H25N3O2. The Bertz CT molecular complexity index is 367. The average Bonchev–Trinajstić information content (AvgIpc) is 2.86. The summed E-state index contributed by atoms with van der Waals surface area (Å²) in [6, 6.07) is 2.62. The number of methoxy groups -OCH3 is 1. The van der Waals surface area contributed by atoms with E-state index in [2.05, 4.69) is 22.3 Å². The standard InChI is InChI=1S/C14H25N3O2/c1-3-15-9-13-6-4-5-7-17(13)10-12-8-14(11-18-2)19-16-12/h8,13,15H,3-7,9-11H2,1-2H3. The lowest BCUT2D eigenvalue weighted by Gasteiger charge is -2.35. The molecule has 0 amide bonds. The normalized spacial score (nSPS) is 20.8. The Hall–Kier alpha value is -0.910. The second-order valence-electron chi connectivity index (χ2n) is 5.15. The zero-order valence-electron chi connectivity index (χ0n) is 12.0. The van der Waals surface area contributed by atoms with Crippen LogP contribution in [0.1, 0.15) is 37.6 Å². The van der Waals surface area contributed by atoms with Crippen LogP contribution in [0.5, 0.6) is 0 Å². The van der Waals surface area contributed by atoms with Crippen LogP contribution in [0.2, 0.25) is 0 Å². The molecule has 1 saturated heterocycles. The summed E-state index contributed by atoms with van der Waals surface area (Å²) in [5.41, 5.74) is 1.01. The first-order chi connectivity index (χ1) is 9.33. The van der Waals surface area contributed by atoms with Gasteiger partial charge in [-0.2, -0.15) is 0 Å². The van der Waals surface area contributed by atoms with Gasteiger partial charge in [-0.3, -0.25) is 4.90 Å². The van der Waals surface area contributed by atoms with Crippen molar-refractivity contribution in [3.05, 3.63) is 17.5 Å². The smallest absolute Gasteiger partial charge is 0.162 e. The van der Waals surface area contributed by atoms with Gasteiger partial charge in [0.1, 0.15) is 6.61 Å². The largest absolute Gasteiger partial charge is 0.377 e. The van der Waals surface area contributed by atoms with E-state index in [1.54, 1.807) is 7.11 Å². The molecule has 0 saturated carbocycles. The van der Waals surface area contributed by atoms with Gasteiger partial charge in [0.05, 0.1) is 5.69 Å². The molecular weight excluding hydrogens is 242 g/mol. The maximum atomic E-state index is 5.25. The van der Waals surface area contributed by atoms with Gasteiger partial charge < -0.3 is 14.6 Å². The highest BCUT2D eigenvalue weighted by Gasteiger charge is 2.22. The van der Waals surface area contributed by atoms with Crippen LogP contribution in [0, 0.1) is 0 Å². The predicted molar refractivity (Wildman–Crippen MR) is 73.8 cm³/mol. The highest BCUT2D eigenvalue weighted by atomic mass is 16.5. The lowest BCUT2D eigenvalue weighted by atomic mass is 10.0. The molecule has 0 bridgehead atoms. The Labute approximate surface area is 115 Å². The van der Waals surface area contributed by atoms with Gasteiger partial charge in [-0.1, -0.05) is 18.5 Å². The summed E-state index contributed by atoms with van der Waals surface area (Å²) in [6.07, 6.45) is 3.89. The number of rotatable bonds is 7. The summed E-state index contributed by atoms with van der Waals surface area (Å²) in [6.45, 7) is 6.78. The summed E-state index contributed by atoms with van der Waals surface area (Å²) in [5, 5.41) is 7.58. The van der Waals surface area contributed by atoms with E-state index in [1.807, 2.05) is 6.07 Å². The van der Waals surface area contributed by atoms with Crippen molar-refractivity contribution in [3.8, 4) is 0 Å². The van der Waals surface area contributed by atoms with E-state index in [0.717, 1.165) is 37.6 Å². The van der Waals surface area contributed by atoms with Crippen LogP contribution in [0.15, 0.2) is 10.6 Å². The molecule has 1 N–H and O–H groups in total. The number of ether oxygens (including phenoxy) is 1. The molecule has 1 aromatic rings. The highest BCUT2D eigenvalue weighted by molar-refractivity contribution is 5.05. The summed E-state index contributed by atoms with van der Waals surface area (Å²) >= 11 is 0. The van der Waals surface area contributed by atoms with Crippen LogP contribution in [-0.2, 0) is 17.9 Å². The molecule has 1 atom stereocenters. The molecule has 1 aliphatic heterocycles.